The molecule has 2 aromatic rings. The average Bonchev–Trinajstić information content (AvgIpc) is 2.95. The summed E-state index contributed by atoms with van der Waals surface area (Å²) in [5.74, 6) is 0. The van der Waals surface area contributed by atoms with Crippen LogP contribution in [0.4, 0.5) is 5.69 Å². The maximum absolute atomic E-state index is 12.1. The summed E-state index contributed by atoms with van der Waals surface area (Å²) in [6.07, 6.45) is 7.26. The molecule has 1 aliphatic heterocycles. The molecule has 0 atom stereocenters. The third-order valence-corrected chi connectivity index (χ3v) is 4.13. The standard InChI is InChI=1S/C13H16N4OS/c18-13-6-11(16-4-2-1-3-5-16)7-15-17(13)9-12-8-14-10-19-12/h6-8,10H,1-5,9H2. The van der Waals surface area contributed by atoms with Crippen molar-refractivity contribution in [3.63, 3.8) is 0 Å². The lowest BCUT2D eigenvalue weighted by molar-refractivity contribution is 0.572. The van der Waals surface area contributed by atoms with Gasteiger partial charge in [0.2, 0.25) is 0 Å². The Morgan fingerprint density at radius 3 is 2.74 bits per heavy atom. The first-order valence-corrected chi connectivity index (χ1v) is 7.40. The van der Waals surface area contributed by atoms with Crippen molar-refractivity contribution in [2.75, 3.05) is 18.0 Å². The van der Waals surface area contributed by atoms with E-state index in [4.69, 9.17) is 0 Å². The fourth-order valence-corrected chi connectivity index (χ4v) is 2.91. The number of rotatable bonds is 3. The van der Waals surface area contributed by atoms with Gasteiger partial charge in [0.1, 0.15) is 0 Å². The van der Waals surface area contributed by atoms with Gasteiger partial charge in [-0.1, -0.05) is 0 Å². The van der Waals surface area contributed by atoms with E-state index in [0.717, 1.165) is 23.7 Å². The Morgan fingerprint density at radius 1 is 1.21 bits per heavy atom. The van der Waals surface area contributed by atoms with Gasteiger partial charge in [0, 0.05) is 30.2 Å². The molecule has 0 bridgehead atoms. The molecule has 0 saturated carbocycles. The molecule has 0 amide bonds. The predicted octanol–water partition coefficient (Wildman–Crippen LogP) is 1.74. The van der Waals surface area contributed by atoms with Crippen molar-refractivity contribution in [3.8, 4) is 0 Å². The minimum absolute atomic E-state index is 0.0449. The summed E-state index contributed by atoms with van der Waals surface area (Å²) in [5.41, 5.74) is 2.67. The highest BCUT2D eigenvalue weighted by Gasteiger charge is 2.12. The molecule has 0 spiro atoms. The minimum atomic E-state index is -0.0449. The molecule has 0 radical (unpaired) electrons. The number of piperidine rings is 1. The Morgan fingerprint density at radius 2 is 2.05 bits per heavy atom. The van der Waals surface area contributed by atoms with Gasteiger partial charge in [0.05, 0.1) is 23.9 Å². The molecule has 1 fully saturated rings. The van der Waals surface area contributed by atoms with Crippen LogP contribution in [-0.2, 0) is 6.54 Å². The van der Waals surface area contributed by atoms with Crippen molar-refractivity contribution in [1.29, 1.82) is 0 Å². The highest BCUT2D eigenvalue weighted by atomic mass is 32.1. The molecule has 6 heteroatoms. The first-order chi connectivity index (χ1) is 9.33. The second-order valence-electron chi connectivity index (χ2n) is 4.73. The van der Waals surface area contributed by atoms with Gasteiger partial charge in [-0.15, -0.1) is 11.3 Å². The van der Waals surface area contributed by atoms with Crippen molar-refractivity contribution in [2.24, 2.45) is 0 Å². The largest absolute Gasteiger partial charge is 0.370 e. The van der Waals surface area contributed by atoms with Crippen LogP contribution < -0.4 is 10.5 Å². The molecular weight excluding hydrogens is 260 g/mol. The predicted molar refractivity (Wildman–Crippen MR) is 75.8 cm³/mol. The normalized spacial score (nSPS) is 15.7. The molecule has 5 nitrogen and oxygen atoms in total. The minimum Gasteiger partial charge on any atom is -0.370 e. The summed E-state index contributed by atoms with van der Waals surface area (Å²) in [6, 6.07) is 1.69. The smallest absolute Gasteiger partial charge is 0.269 e. The van der Waals surface area contributed by atoms with E-state index in [1.807, 2.05) is 0 Å². The first-order valence-electron chi connectivity index (χ1n) is 6.52. The molecule has 3 rings (SSSR count). The van der Waals surface area contributed by atoms with Gasteiger partial charge < -0.3 is 4.90 Å². The van der Waals surface area contributed by atoms with E-state index in [0.29, 0.717) is 6.54 Å². The molecule has 1 aliphatic rings. The lowest BCUT2D eigenvalue weighted by atomic mass is 10.1. The van der Waals surface area contributed by atoms with Crippen LogP contribution in [0.15, 0.2) is 28.8 Å². The van der Waals surface area contributed by atoms with Crippen LogP contribution in [0.1, 0.15) is 24.1 Å². The number of thiazole rings is 1. The molecule has 2 aromatic heterocycles. The summed E-state index contributed by atoms with van der Waals surface area (Å²) >= 11 is 1.54. The van der Waals surface area contributed by atoms with Gasteiger partial charge in [-0.2, -0.15) is 5.10 Å². The molecule has 100 valence electrons. The molecule has 0 unspecified atom stereocenters. The number of anilines is 1. The molecule has 0 N–H and O–H groups in total. The van der Waals surface area contributed by atoms with Crippen molar-refractivity contribution in [2.45, 2.75) is 25.8 Å². The summed E-state index contributed by atoms with van der Waals surface area (Å²) in [6.45, 7) is 2.56. The van der Waals surface area contributed by atoms with Crippen molar-refractivity contribution in [3.05, 3.63) is 39.2 Å². The van der Waals surface area contributed by atoms with Gasteiger partial charge in [-0.05, 0) is 19.3 Å². The van der Waals surface area contributed by atoms with Gasteiger partial charge >= 0.3 is 0 Å². The molecule has 3 heterocycles. The van der Waals surface area contributed by atoms with Crippen molar-refractivity contribution in [1.82, 2.24) is 14.8 Å². The van der Waals surface area contributed by atoms with Crippen molar-refractivity contribution < 1.29 is 0 Å². The number of hydrogen-bond acceptors (Lipinski definition) is 5. The Hall–Kier alpha value is -1.69. The second kappa shape index (κ2) is 5.52. The molecule has 19 heavy (non-hydrogen) atoms. The van der Waals surface area contributed by atoms with Crippen LogP contribution >= 0.6 is 11.3 Å². The van der Waals surface area contributed by atoms with Crippen LogP contribution in [0.2, 0.25) is 0 Å². The zero-order valence-electron chi connectivity index (χ0n) is 10.7. The number of hydrogen-bond donors (Lipinski definition) is 0. The Kier molecular flexibility index (Phi) is 3.59. The third-order valence-electron chi connectivity index (χ3n) is 3.37. The zero-order valence-corrected chi connectivity index (χ0v) is 11.5. The van der Waals surface area contributed by atoms with E-state index in [-0.39, 0.29) is 5.56 Å². The van der Waals surface area contributed by atoms with Crippen LogP contribution in [0.5, 0.6) is 0 Å². The Bertz CT molecular complexity index is 587. The van der Waals surface area contributed by atoms with E-state index in [9.17, 15) is 4.79 Å². The maximum atomic E-state index is 12.1. The summed E-state index contributed by atoms with van der Waals surface area (Å²) in [7, 11) is 0. The van der Waals surface area contributed by atoms with Gasteiger partial charge in [0.25, 0.3) is 5.56 Å². The van der Waals surface area contributed by atoms with Crippen LogP contribution in [-0.4, -0.2) is 27.9 Å². The van der Waals surface area contributed by atoms with E-state index < -0.39 is 0 Å². The fraction of sp³-hybridized carbons (Fsp3) is 0.462. The fourth-order valence-electron chi connectivity index (χ4n) is 2.34. The molecule has 1 saturated heterocycles. The quantitative estimate of drug-likeness (QED) is 0.857. The summed E-state index contributed by atoms with van der Waals surface area (Å²) in [4.78, 5) is 19.4. The zero-order chi connectivity index (χ0) is 13.1. The summed E-state index contributed by atoms with van der Waals surface area (Å²) in [5, 5.41) is 4.27. The van der Waals surface area contributed by atoms with Crippen LogP contribution in [0.3, 0.4) is 0 Å². The van der Waals surface area contributed by atoms with E-state index in [1.54, 1.807) is 24.0 Å². The van der Waals surface area contributed by atoms with Crippen LogP contribution in [0, 0.1) is 0 Å². The molecular formula is C13H16N4OS. The monoisotopic (exact) mass is 276 g/mol. The Balaban J connectivity index is 1.79. The maximum Gasteiger partial charge on any atom is 0.269 e. The highest BCUT2D eigenvalue weighted by Crippen LogP contribution is 2.17. The number of aromatic nitrogens is 3. The highest BCUT2D eigenvalue weighted by molar-refractivity contribution is 7.09. The SMILES string of the molecule is O=c1cc(N2CCCCC2)cnn1Cc1cncs1. The molecule has 0 aromatic carbocycles. The Labute approximate surface area is 115 Å². The topological polar surface area (TPSA) is 51.0 Å². The van der Waals surface area contributed by atoms with E-state index >= 15 is 0 Å². The number of nitrogens with zero attached hydrogens (tertiary/aromatic N) is 4. The van der Waals surface area contributed by atoms with E-state index in [1.165, 1.54) is 35.3 Å². The average molecular weight is 276 g/mol. The molecule has 0 aliphatic carbocycles. The third kappa shape index (κ3) is 2.84. The van der Waals surface area contributed by atoms with Gasteiger partial charge in [-0.25, -0.2) is 4.68 Å². The van der Waals surface area contributed by atoms with Crippen LogP contribution in [0.25, 0.3) is 0 Å². The van der Waals surface area contributed by atoms with Gasteiger partial charge in [-0.3, -0.25) is 9.78 Å². The lowest BCUT2D eigenvalue weighted by Crippen LogP contribution is -2.32. The first kappa shape index (κ1) is 12.3. The van der Waals surface area contributed by atoms with Gasteiger partial charge in [0.15, 0.2) is 0 Å². The lowest BCUT2D eigenvalue weighted by Gasteiger charge is -2.28. The second-order valence-corrected chi connectivity index (χ2v) is 5.70. The summed E-state index contributed by atoms with van der Waals surface area (Å²) < 4.78 is 1.49. The van der Waals surface area contributed by atoms with E-state index in [2.05, 4.69) is 15.0 Å². The van der Waals surface area contributed by atoms with Crippen molar-refractivity contribution >= 4 is 17.0 Å².